The molecule has 0 saturated heterocycles. The van der Waals surface area contributed by atoms with Gasteiger partial charge in [0.2, 0.25) is 0 Å². The minimum Gasteiger partial charge on any atom is -0.267 e. The van der Waals surface area contributed by atoms with E-state index >= 15 is 0 Å². The Morgan fingerprint density at radius 1 is 1.35 bits per heavy atom. The number of aryl methyl sites for hydroxylation is 2. The van der Waals surface area contributed by atoms with Crippen LogP contribution < -0.4 is 5.43 Å². The fourth-order valence-electron chi connectivity index (χ4n) is 2.41. The summed E-state index contributed by atoms with van der Waals surface area (Å²) in [6.45, 7) is 2.04. The molecule has 0 saturated carbocycles. The maximum atomic E-state index is 12.2. The molecule has 0 atom stereocenters. The van der Waals surface area contributed by atoms with Crippen molar-refractivity contribution in [2.24, 2.45) is 5.10 Å². The third kappa shape index (κ3) is 2.69. The fourth-order valence-corrected chi connectivity index (χ4v) is 4.32. The van der Waals surface area contributed by atoms with E-state index in [1.165, 1.54) is 28.8 Å². The number of hydrazone groups is 1. The van der Waals surface area contributed by atoms with Gasteiger partial charge in [-0.15, -0.1) is 22.7 Å². The summed E-state index contributed by atoms with van der Waals surface area (Å²) in [6.07, 6.45) is 6.28. The molecule has 5 heteroatoms. The van der Waals surface area contributed by atoms with Gasteiger partial charge < -0.3 is 0 Å². The molecular formula is C15H16N2OS2. The second-order valence-electron chi connectivity index (χ2n) is 4.93. The maximum absolute atomic E-state index is 12.2. The monoisotopic (exact) mass is 304 g/mol. The highest BCUT2D eigenvalue weighted by Crippen LogP contribution is 2.30. The van der Waals surface area contributed by atoms with Crippen LogP contribution in [0.15, 0.2) is 21.9 Å². The Morgan fingerprint density at radius 2 is 2.20 bits per heavy atom. The highest BCUT2D eigenvalue weighted by molar-refractivity contribution is 7.12. The molecule has 0 unspecified atom stereocenters. The second-order valence-corrected chi connectivity index (χ2v) is 6.84. The highest BCUT2D eigenvalue weighted by Gasteiger charge is 2.19. The van der Waals surface area contributed by atoms with E-state index in [0.29, 0.717) is 0 Å². The van der Waals surface area contributed by atoms with Gasteiger partial charge in [0.1, 0.15) is 0 Å². The summed E-state index contributed by atoms with van der Waals surface area (Å²) in [7, 11) is 0. The molecule has 0 bridgehead atoms. The molecule has 0 aromatic carbocycles. The quantitative estimate of drug-likeness (QED) is 0.681. The Labute approximate surface area is 126 Å². The topological polar surface area (TPSA) is 41.5 Å². The average molecular weight is 304 g/mol. The zero-order valence-electron chi connectivity index (χ0n) is 11.3. The number of carbonyl (C=O) groups excluding carboxylic acids is 1. The SMILES string of the molecule is Cc1ccsc1C=NNC(=O)c1csc2c1CCCC2. The molecule has 1 amide bonds. The van der Waals surface area contributed by atoms with E-state index < -0.39 is 0 Å². The Balaban J connectivity index is 1.69. The van der Waals surface area contributed by atoms with E-state index in [-0.39, 0.29) is 5.91 Å². The van der Waals surface area contributed by atoms with Crippen molar-refractivity contribution in [3.05, 3.63) is 43.3 Å². The number of rotatable bonds is 3. The number of fused-ring (bicyclic) bond motifs is 1. The van der Waals surface area contributed by atoms with Crippen LogP contribution in [0.5, 0.6) is 0 Å². The van der Waals surface area contributed by atoms with E-state index in [9.17, 15) is 4.79 Å². The van der Waals surface area contributed by atoms with Gasteiger partial charge in [0.25, 0.3) is 5.91 Å². The number of amides is 1. The fraction of sp³-hybridized carbons (Fsp3) is 0.333. The van der Waals surface area contributed by atoms with Crippen LogP contribution in [0, 0.1) is 6.92 Å². The zero-order chi connectivity index (χ0) is 13.9. The van der Waals surface area contributed by atoms with Crippen molar-refractivity contribution in [3.8, 4) is 0 Å². The maximum Gasteiger partial charge on any atom is 0.272 e. The smallest absolute Gasteiger partial charge is 0.267 e. The van der Waals surface area contributed by atoms with Crippen LogP contribution in [-0.2, 0) is 12.8 Å². The molecule has 0 aliphatic heterocycles. The molecule has 2 aromatic rings. The first-order valence-corrected chi connectivity index (χ1v) is 8.48. The van der Waals surface area contributed by atoms with Gasteiger partial charge in [-0.1, -0.05) is 0 Å². The molecule has 104 valence electrons. The Hall–Kier alpha value is -1.46. The summed E-state index contributed by atoms with van der Waals surface area (Å²) < 4.78 is 0. The third-order valence-electron chi connectivity index (χ3n) is 3.56. The summed E-state index contributed by atoms with van der Waals surface area (Å²) in [6, 6.07) is 2.04. The summed E-state index contributed by atoms with van der Waals surface area (Å²) in [4.78, 5) is 14.6. The lowest BCUT2D eigenvalue weighted by atomic mass is 9.96. The first-order valence-electron chi connectivity index (χ1n) is 6.72. The number of hydrogen-bond donors (Lipinski definition) is 1. The van der Waals surface area contributed by atoms with Crippen LogP contribution in [0.2, 0.25) is 0 Å². The van der Waals surface area contributed by atoms with E-state index in [1.54, 1.807) is 28.9 Å². The van der Waals surface area contributed by atoms with Crippen molar-refractivity contribution in [1.29, 1.82) is 0 Å². The highest BCUT2D eigenvalue weighted by atomic mass is 32.1. The van der Waals surface area contributed by atoms with Gasteiger partial charge in [0, 0.05) is 15.1 Å². The molecule has 3 rings (SSSR count). The number of thiophene rings is 2. The van der Waals surface area contributed by atoms with Crippen molar-refractivity contribution in [2.45, 2.75) is 32.6 Å². The minimum absolute atomic E-state index is 0.0881. The number of hydrogen-bond acceptors (Lipinski definition) is 4. The molecule has 20 heavy (non-hydrogen) atoms. The Morgan fingerprint density at radius 3 is 3.00 bits per heavy atom. The predicted octanol–water partition coefficient (Wildman–Crippen LogP) is 3.76. The molecule has 2 aromatic heterocycles. The van der Waals surface area contributed by atoms with Gasteiger partial charge in [0.05, 0.1) is 11.8 Å². The average Bonchev–Trinajstić information content (AvgIpc) is 3.05. The Bertz CT molecular complexity index is 655. The van der Waals surface area contributed by atoms with E-state index in [4.69, 9.17) is 0 Å². The van der Waals surface area contributed by atoms with Gasteiger partial charge in [0.15, 0.2) is 0 Å². The first-order chi connectivity index (χ1) is 9.75. The summed E-state index contributed by atoms with van der Waals surface area (Å²) in [5.74, 6) is -0.0881. The summed E-state index contributed by atoms with van der Waals surface area (Å²) in [5, 5.41) is 8.06. The van der Waals surface area contributed by atoms with Gasteiger partial charge in [-0.3, -0.25) is 4.79 Å². The minimum atomic E-state index is -0.0881. The van der Waals surface area contributed by atoms with Gasteiger partial charge in [-0.2, -0.15) is 5.10 Å². The number of carbonyl (C=O) groups is 1. The van der Waals surface area contributed by atoms with Crippen molar-refractivity contribution in [3.63, 3.8) is 0 Å². The van der Waals surface area contributed by atoms with Crippen LogP contribution in [0.3, 0.4) is 0 Å². The van der Waals surface area contributed by atoms with Crippen molar-refractivity contribution in [1.82, 2.24) is 5.43 Å². The van der Waals surface area contributed by atoms with E-state index in [2.05, 4.69) is 10.5 Å². The summed E-state index contributed by atoms with van der Waals surface area (Å²) in [5.41, 5.74) is 5.87. The van der Waals surface area contributed by atoms with Crippen molar-refractivity contribution >= 4 is 34.8 Å². The lowest BCUT2D eigenvalue weighted by Crippen LogP contribution is -2.19. The molecule has 3 nitrogen and oxygen atoms in total. The second kappa shape index (κ2) is 5.89. The lowest BCUT2D eigenvalue weighted by molar-refractivity contribution is 0.0954. The van der Waals surface area contributed by atoms with Crippen molar-refractivity contribution < 1.29 is 4.79 Å². The lowest BCUT2D eigenvalue weighted by Gasteiger charge is -2.11. The van der Waals surface area contributed by atoms with Gasteiger partial charge in [-0.25, -0.2) is 5.43 Å². The third-order valence-corrected chi connectivity index (χ3v) is 5.60. The van der Waals surface area contributed by atoms with Gasteiger partial charge in [-0.05, 0) is 55.2 Å². The van der Waals surface area contributed by atoms with Crippen LogP contribution in [0.25, 0.3) is 0 Å². The zero-order valence-corrected chi connectivity index (χ0v) is 12.9. The first kappa shape index (κ1) is 13.5. The van der Waals surface area contributed by atoms with Crippen molar-refractivity contribution in [2.75, 3.05) is 0 Å². The Kier molecular flexibility index (Phi) is 3.98. The van der Waals surface area contributed by atoms with Crippen LogP contribution in [-0.4, -0.2) is 12.1 Å². The molecule has 0 spiro atoms. The van der Waals surface area contributed by atoms with Crippen LogP contribution in [0.1, 0.15) is 44.1 Å². The standard InChI is InChI=1S/C15H16N2OS2/c1-10-6-7-19-14(10)8-16-17-15(18)12-9-20-13-5-3-2-4-11(12)13/h6-9H,2-5H2,1H3,(H,17,18). The predicted molar refractivity (Wildman–Crippen MR) is 85.1 cm³/mol. The molecule has 1 N–H and O–H groups in total. The molecular weight excluding hydrogens is 288 g/mol. The molecule has 1 aliphatic carbocycles. The van der Waals surface area contributed by atoms with E-state index in [0.717, 1.165) is 23.3 Å². The van der Waals surface area contributed by atoms with Crippen LogP contribution in [0.4, 0.5) is 0 Å². The molecule has 2 heterocycles. The van der Waals surface area contributed by atoms with Crippen LogP contribution >= 0.6 is 22.7 Å². The molecule has 0 fully saturated rings. The largest absolute Gasteiger partial charge is 0.272 e. The molecule has 1 aliphatic rings. The molecule has 0 radical (unpaired) electrons. The summed E-state index contributed by atoms with van der Waals surface area (Å²) >= 11 is 3.33. The number of nitrogens with one attached hydrogen (secondary N) is 1. The number of nitrogens with zero attached hydrogens (tertiary/aromatic N) is 1. The van der Waals surface area contributed by atoms with Gasteiger partial charge >= 0.3 is 0 Å². The normalized spacial score (nSPS) is 14.4. The van der Waals surface area contributed by atoms with E-state index in [1.807, 2.05) is 23.8 Å².